The van der Waals surface area contributed by atoms with E-state index in [2.05, 4.69) is 16.0 Å². The molecular formula is C19H36N4O6. The van der Waals surface area contributed by atoms with E-state index >= 15 is 0 Å². The molecule has 0 fully saturated rings. The lowest BCUT2D eigenvalue weighted by atomic mass is 9.95. The van der Waals surface area contributed by atoms with Gasteiger partial charge >= 0.3 is 5.97 Å². The Morgan fingerprint density at radius 1 is 0.828 bits per heavy atom. The van der Waals surface area contributed by atoms with Gasteiger partial charge in [-0.2, -0.15) is 0 Å². The summed E-state index contributed by atoms with van der Waals surface area (Å²) in [5.74, 6) is -3.84. The van der Waals surface area contributed by atoms with E-state index in [0.717, 1.165) is 0 Å². The topological polar surface area (TPSA) is 171 Å². The summed E-state index contributed by atoms with van der Waals surface area (Å²) in [6.45, 7) is 9.85. The number of carboxylic acids is 1. The number of aliphatic hydroxyl groups is 1. The Morgan fingerprint density at radius 2 is 1.31 bits per heavy atom. The maximum Gasteiger partial charge on any atom is 0.328 e. The van der Waals surface area contributed by atoms with Crippen LogP contribution in [0, 0.1) is 17.8 Å². The molecule has 7 N–H and O–H groups in total. The van der Waals surface area contributed by atoms with E-state index in [-0.39, 0.29) is 17.8 Å². The molecule has 5 unspecified atom stereocenters. The molecule has 0 aromatic heterocycles. The minimum atomic E-state index is -1.48. The molecule has 0 aromatic rings. The van der Waals surface area contributed by atoms with Gasteiger partial charge in [0.1, 0.15) is 18.1 Å². The average molecular weight is 417 g/mol. The van der Waals surface area contributed by atoms with Crippen molar-refractivity contribution in [3.05, 3.63) is 0 Å². The van der Waals surface area contributed by atoms with E-state index in [0.29, 0.717) is 6.42 Å². The molecule has 0 aromatic carbocycles. The molecule has 10 heteroatoms. The summed E-state index contributed by atoms with van der Waals surface area (Å²) in [6, 6.07) is -4.20. The number of amides is 3. The van der Waals surface area contributed by atoms with Gasteiger partial charge in [-0.05, 0) is 17.8 Å². The van der Waals surface area contributed by atoms with Crippen molar-refractivity contribution in [3.8, 4) is 0 Å². The first kappa shape index (κ1) is 26.8. The Bertz CT molecular complexity index is 581. The van der Waals surface area contributed by atoms with Gasteiger partial charge in [-0.1, -0.05) is 48.0 Å². The number of aliphatic carboxylic acids is 1. The van der Waals surface area contributed by atoms with Crippen LogP contribution in [-0.4, -0.2) is 64.7 Å². The van der Waals surface area contributed by atoms with Gasteiger partial charge in [-0.3, -0.25) is 14.4 Å². The molecule has 0 rings (SSSR count). The van der Waals surface area contributed by atoms with E-state index in [1.54, 1.807) is 34.6 Å². The minimum absolute atomic E-state index is 0.115. The number of rotatable bonds is 12. The summed E-state index contributed by atoms with van der Waals surface area (Å²) in [5.41, 5.74) is 5.84. The van der Waals surface area contributed by atoms with Crippen molar-refractivity contribution in [2.75, 3.05) is 6.61 Å². The zero-order valence-electron chi connectivity index (χ0n) is 18.1. The van der Waals surface area contributed by atoms with Crippen molar-refractivity contribution in [1.82, 2.24) is 16.0 Å². The van der Waals surface area contributed by atoms with Gasteiger partial charge in [-0.25, -0.2) is 4.79 Å². The molecule has 5 atom stereocenters. The molecular weight excluding hydrogens is 380 g/mol. The van der Waals surface area contributed by atoms with Crippen molar-refractivity contribution >= 4 is 23.7 Å². The predicted octanol–water partition coefficient (Wildman–Crippen LogP) is -0.797. The largest absolute Gasteiger partial charge is 0.480 e. The van der Waals surface area contributed by atoms with Crippen LogP contribution in [0.15, 0.2) is 0 Å². The number of carboxylic acid groups (broad SMARTS) is 1. The summed E-state index contributed by atoms with van der Waals surface area (Å²) >= 11 is 0. The summed E-state index contributed by atoms with van der Waals surface area (Å²) in [4.78, 5) is 48.7. The lowest BCUT2D eigenvalue weighted by molar-refractivity contribution is -0.143. The molecule has 0 aliphatic carbocycles. The summed E-state index contributed by atoms with van der Waals surface area (Å²) in [5, 5.41) is 25.6. The van der Waals surface area contributed by atoms with Crippen LogP contribution in [0.2, 0.25) is 0 Å². The van der Waals surface area contributed by atoms with Crippen LogP contribution in [0.4, 0.5) is 0 Å². The van der Waals surface area contributed by atoms with Crippen LogP contribution in [-0.2, 0) is 19.2 Å². The van der Waals surface area contributed by atoms with Crippen LogP contribution >= 0.6 is 0 Å². The summed E-state index contributed by atoms with van der Waals surface area (Å²) < 4.78 is 0. The molecule has 0 saturated carbocycles. The first-order valence-corrected chi connectivity index (χ1v) is 9.87. The number of carbonyl (C=O) groups is 4. The third-order valence-corrected chi connectivity index (χ3v) is 4.86. The lowest BCUT2D eigenvalue weighted by Crippen LogP contribution is -2.60. The number of nitrogens with one attached hydrogen (secondary N) is 3. The maximum atomic E-state index is 12.8. The van der Waals surface area contributed by atoms with Crippen molar-refractivity contribution in [3.63, 3.8) is 0 Å². The van der Waals surface area contributed by atoms with Gasteiger partial charge in [0.2, 0.25) is 17.7 Å². The van der Waals surface area contributed by atoms with E-state index in [1.165, 1.54) is 0 Å². The van der Waals surface area contributed by atoms with Gasteiger partial charge in [-0.15, -0.1) is 0 Å². The highest BCUT2D eigenvalue weighted by Gasteiger charge is 2.33. The Labute approximate surface area is 172 Å². The van der Waals surface area contributed by atoms with Crippen molar-refractivity contribution < 1.29 is 29.4 Å². The molecule has 0 aliphatic heterocycles. The Kier molecular flexibility index (Phi) is 11.4. The number of hydrogen-bond donors (Lipinski definition) is 6. The Balaban J connectivity index is 5.42. The quantitative estimate of drug-likeness (QED) is 0.242. The fourth-order valence-electron chi connectivity index (χ4n) is 2.48. The Hall–Kier alpha value is -2.20. The van der Waals surface area contributed by atoms with Gasteiger partial charge in [0.05, 0.1) is 12.6 Å². The third-order valence-electron chi connectivity index (χ3n) is 4.86. The third kappa shape index (κ3) is 8.36. The van der Waals surface area contributed by atoms with Crippen molar-refractivity contribution in [1.29, 1.82) is 0 Å². The zero-order valence-corrected chi connectivity index (χ0v) is 18.1. The van der Waals surface area contributed by atoms with Crippen molar-refractivity contribution in [2.24, 2.45) is 23.5 Å². The molecule has 3 amide bonds. The predicted molar refractivity (Wildman–Crippen MR) is 108 cm³/mol. The molecule has 0 aliphatic rings. The molecule has 0 heterocycles. The van der Waals surface area contributed by atoms with Crippen LogP contribution in [0.5, 0.6) is 0 Å². The molecule has 0 spiro atoms. The van der Waals surface area contributed by atoms with Gasteiger partial charge < -0.3 is 31.9 Å². The van der Waals surface area contributed by atoms with Crippen LogP contribution < -0.4 is 21.7 Å². The molecule has 0 saturated heterocycles. The second kappa shape index (κ2) is 12.4. The zero-order chi connectivity index (χ0) is 22.9. The summed E-state index contributed by atoms with van der Waals surface area (Å²) in [6.07, 6.45) is 0.534. The lowest BCUT2D eigenvalue weighted by Gasteiger charge is -2.29. The fraction of sp³-hybridized carbons (Fsp3) is 0.789. The van der Waals surface area contributed by atoms with Gasteiger partial charge in [0.25, 0.3) is 0 Å². The first-order valence-electron chi connectivity index (χ1n) is 9.87. The van der Waals surface area contributed by atoms with E-state index in [9.17, 15) is 19.2 Å². The van der Waals surface area contributed by atoms with Crippen LogP contribution in [0.3, 0.4) is 0 Å². The highest BCUT2D eigenvalue weighted by atomic mass is 16.4. The van der Waals surface area contributed by atoms with E-state index in [1.807, 2.05) is 6.92 Å². The molecule has 10 nitrogen and oxygen atoms in total. The fourth-order valence-corrected chi connectivity index (χ4v) is 2.48. The SMILES string of the molecule is CCC(C)C(NC(=O)C(NC(=O)C(N)C(C)C)C(C)C)C(=O)NC(CO)C(=O)O. The van der Waals surface area contributed by atoms with Gasteiger partial charge in [0.15, 0.2) is 0 Å². The Morgan fingerprint density at radius 3 is 1.69 bits per heavy atom. The minimum Gasteiger partial charge on any atom is -0.480 e. The van der Waals surface area contributed by atoms with E-state index < -0.39 is 54.5 Å². The number of aliphatic hydroxyl groups excluding tert-OH is 1. The second-order valence-corrected chi connectivity index (χ2v) is 7.95. The van der Waals surface area contributed by atoms with E-state index in [4.69, 9.17) is 15.9 Å². The second-order valence-electron chi connectivity index (χ2n) is 7.95. The van der Waals surface area contributed by atoms with Crippen molar-refractivity contribution in [2.45, 2.75) is 72.1 Å². The van der Waals surface area contributed by atoms with Crippen LogP contribution in [0.25, 0.3) is 0 Å². The molecule has 29 heavy (non-hydrogen) atoms. The number of carbonyl (C=O) groups excluding carboxylic acids is 3. The summed E-state index contributed by atoms with van der Waals surface area (Å²) in [7, 11) is 0. The maximum absolute atomic E-state index is 12.8. The highest BCUT2D eigenvalue weighted by Crippen LogP contribution is 2.11. The number of nitrogens with two attached hydrogens (primary N) is 1. The number of hydrogen-bond acceptors (Lipinski definition) is 6. The normalized spacial score (nSPS) is 16.5. The highest BCUT2D eigenvalue weighted by molar-refractivity contribution is 5.94. The van der Waals surface area contributed by atoms with Gasteiger partial charge in [0, 0.05) is 0 Å². The first-order chi connectivity index (χ1) is 13.4. The molecule has 0 bridgehead atoms. The average Bonchev–Trinajstić information content (AvgIpc) is 2.65. The molecule has 168 valence electrons. The molecule has 0 radical (unpaired) electrons. The monoisotopic (exact) mass is 416 g/mol. The standard InChI is InChI=1S/C19H36N4O6/c1-7-11(6)15(18(27)21-12(8-24)19(28)29)23-17(26)14(10(4)5)22-16(25)13(20)9(2)3/h9-15,24H,7-8,20H2,1-6H3,(H,21,27)(H,22,25)(H,23,26)(H,28,29). The smallest absolute Gasteiger partial charge is 0.328 e. The van der Waals surface area contributed by atoms with Crippen LogP contribution in [0.1, 0.15) is 48.0 Å².